The van der Waals surface area contributed by atoms with Crippen LogP contribution in [-0.4, -0.2) is 6.54 Å². The minimum absolute atomic E-state index is 0.0693. The third-order valence-corrected chi connectivity index (χ3v) is 3.56. The number of hydrogen-bond donors (Lipinski definition) is 1. The van der Waals surface area contributed by atoms with Crippen LogP contribution in [0.25, 0.3) is 0 Å². The first-order valence-electron chi connectivity index (χ1n) is 5.74. The maximum absolute atomic E-state index is 13.4. The molecule has 0 radical (unpaired) electrons. The van der Waals surface area contributed by atoms with E-state index in [0.29, 0.717) is 11.8 Å². The van der Waals surface area contributed by atoms with Crippen LogP contribution in [0.4, 0.5) is 4.39 Å². The van der Waals surface area contributed by atoms with Gasteiger partial charge < -0.3 is 5.73 Å². The highest BCUT2D eigenvalue weighted by atomic mass is 19.1. The summed E-state index contributed by atoms with van der Waals surface area (Å²) in [5.74, 6) is 1.12. The van der Waals surface area contributed by atoms with Crippen LogP contribution < -0.4 is 5.73 Å². The van der Waals surface area contributed by atoms with Crippen LogP contribution in [0.1, 0.15) is 24.8 Å². The minimum atomic E-state index is -0.0693. The van der Waals surface area contributed by atoms with Crippen molar-refractivity contribution in [1.29, 1.82) is 0 Å². The Morgan fingerprint density at radius 3 is 2.67 bits per heavy atom. The molecule has 0 saturated heterocycles. The summed E-state index contributed by atoms with van der Waals surface area (Å²) in [4.78, 5) is 0. The molecule has 0 aliphatic heterocycles. The monoisotopic (exact) mass is 207 g/mol. The molecule has 2 unspecified atom stereocenters. The first-order valence-corrected chi connectivity index (χ1v) is 5.74. The van der Waals surface area contributed by atoms with Gasteiger partial charge >= 0.3 is 0 Å². The number of benzene rings is 1. The van der Waals surface area contributed by atoms with Gasteiger partial charge in [0.05, 0.1) is 0 Å². The molecule has 82 valence electrons. The van der Waals surface area contributed by atoms with Crippen molar-refractivity contribution in [2.45, 2.75) is 25.7 Å². The maximum Gasteiger partial charge on any atom is 0.126 e. The summed E-state index contributed by atoms with van der Waals surface area (Å²) in [5, 5.41) is 0. The molecule has 0 spiro atoms. The van der Waals surface area contributed by atoms with E-state index in [-0.39, 0.29) is 5.82 Å². The van der Waals surface area contributed by atoms with Gasteiger partial charge in [-0.3, -0.25) is 0 Å². The lowest BCUT2D eigenvalue weighted by Crippen LogP contribution is -2.20. The lowest BCUT2D eigenvalue weighted by Gasteiger charge is -2.17. The van der Waals surface area contributed by atoms with Gasteiger partial charge in [-0.15, -0.1) is 0 Å². The maximum atomic E-state index is 13.4. The van der Waals surface area contributed by atoms with Gasteiger partial charge in [-0.25, -0.2) is 4.39 Å². The van der Waals surface area contributed by atoms with E-state index in [4.69, 9.17) is 5.73 Å². The molecule has 0 amide bonds. The fourth-order valence-electron chi connectivity index (χ4n) is 2.64. The van der Waals surface area contributed by atoms with Crippen LogP contribution in [0, 0.1) is 17.7 Å². The Morgan fingerprint density at radius 2 is 1.93 bits per heavy atom. The molecule has 1 saturated carbocycles. The molecule has 1 aromatic carbocycles. The quantitative estimate of drug-likeness (QED) is 0.810. The lowest BCUT2D eigenvalue weighted by atomic mass is 9.89. The van der Waals surface area contributed by atoms with Gasteiger partial charge in [0.15, 0.2) is 0 Å². The van der Waals surface area contributed by atoms with Crippen molar-refractivity contribution in [1.82, 2.24) is 0 Å². The van der Waals surface area contributed by atoms with Gasteiger partial charge in [0.2, 0.25) is 0 Å². The second-order valence-corrected chi connectivity index (χ2v) is 4.48. The van der Waals surface area contributed by atoms with Gasteiger partial charge in [0.1, 0.15) is 5.82 Å². The molecule has 1 nitrogen and oxygen atoms in total. The third kappa shape index (κ3) is 2.37. The molecule has 1 aliphatic carbocycles. The minimum Gasteiger partial charge on any atom is -0.330 e. The molecule has 1 aliphatic rings. The molecule has 0 aromatic heterocycles. The van der Waals surface area contributed by atoms with Crippen LogP contribution in [0.3, 0.4) is 0 Å². The Bertz CT molecular complexity index is 324. The molecule has 2 N–H and O–H groups in total. The second-order valence-electron chi connectivity index (χ2n) is 4.48. The van der Waals surface area contributed by atoms with Crippen LogP contribution in [0.15, 0.2) is 24.3 Å². The van der Waals surface area contributed by atoms with Crippen molar-refractivity contribution >= 4 is 0 Å². The number of halogens is 1. The average Bonchev–Trinajstić information content (AvgIpc) is 2.69. The first-order chi connectivity index (χ1) is 7.31. The number of nitrogens with two attached hydrogens (primary N) is 1. The Morgan fingerprint density at radius 1 is 1.20 bits per heavy atom. The zero-order valence-corrected chi connectivity index (χ0v) is 8.95. The van der Waals surface area contributed by atoms with Crippen LogP contribution in [0.5, 0.6) is 0 Å². The zero-order chi connectivity index (χ0) is 10.7. The molecule has 15 heavy (non-hydrogen) atoms. The van der Waals surface area contributed by atoms with Gasteiger partial charge in [0, 0.05) is 0 Å². The van der Waals surface area contributed by atoms with E-state index in [9.17, 15) is 4.39 Å². The van der Waals surface area contributed by atoms with Crippen LogP contribution in [0.2, 0.25) is 0 Å². The van der Waals surface area contributed by atoms with Crippen molar-refractivity contribution in [2.24, 2.45) is 17.6 Å². The topological polar surface area (TPSA) is 26.0 Å². The zero-order valence-electron chi connectivity index (χ0n) is 8.95. The Hall–Kier alpha value is -0.890. The molecular formula is C13H18FN. The van der Waals surface area contributed by atoms with Crippen LogP contribution in [-0.2, 0) is 6.42 Å². The fraction of sp³-hybridized carbons (Fsp3) is 0.538. The second kappa shape index (κ2) is 4.75. The molecule has 2 atom stereocenters. The van der Waals surface area contributed by atoms with E-state index in [0.717, 1.165) is 18.5 Å². The van der Waals surface area contributed by atoms with Crippen molar-refractivity contribution in [3.8, 4) is 0 Å². The van der Waals surface area contributed by atoms with E-state index in [1.165, 1.54) is 19.3 Å². The highest BCUT2D eigenvalue weighted by Crippen LogP contribution is 2.33. The predicted octanol–water partition coefficient (Wildman–Crippen LogP) is 2.74. The summed E-state index contributed by atoms with van der Waals surface area (Å²) < 4.78 is 13.4. The van der Waals surface area contributed by atoms with Crippen molar-refractivity contribution < 1.29 is 4.39 Å². The number of rotatable bonds is 3. The van der Waals surface area contributed by atoms with Crippen molar-refractivity contribution in [2.75, 3.05) is 6.54 Å². The number of hydrogen-bond acceptors (Lipinski definition) is 1. The summed E-state index contributed by atoms with van der Waals surface area (Å²) in [7, 11) is 0. The largest absolute Gasteiger partial charge is 0.330 e. The molecule has 0 heterocycles. The van der Waals surface area contributed by atoms with Crippen molar-refractivity contribution in [3.05, 3.63) is 35.6 Å². The molecule has 1 fully saturated rings. The first kappa shape index (κ1) is 10.6. The van der Waals surface area contributed by atoms with Crippen LogP contribution >= 0.6 is 0 Å². The summed E-state index contributed by atoms with van der Waals surface area (Å²) >= 11 is 0. The highest BCUT2D eigenvalue weighted by Gasteiger charge is 2.26. The van der Waals surface area contributed by atoms with E-state index in [1.807, 2.05) is 12.1 Å². The standard InChI is InChI=1S/C13H18FN/c14-13-7-2-1-4-11(13)8-10-5-3-6-12(10)9-15/h1-2,4,7,10,12H,3,5-6,8-9,15H2. The molecule has 2 heteroatoms. The van der Waals surface area contributed by atoms with Gasteiger partial charge in [-0.05, 0) is 49.3 Å². The Balaban J connectivity index is 2.05. The summed E-state index contributed by atoms with van der Waals surface area (Å²) in [5.41, 5.74) is 6.57. The SMILES string of the molecule is NCC1CCCC1Cc1ccccc1F. The summed E-state index contributed by atoms with van der Waals surface area (Å²) in [6, 6.07) is 7.09. The normalized spacial score (nSPS) is 25.7. The smallest absolute Gasteiger partial charge is 0.126 e. The van der Waals surface area contributed by atoms with E-state index in [2.05, 4.69) is 0 Å². The predicted molar refractivity (Wildman–Crippen MR) is 60.0 cm³/mol. The van der Waals surface area contributed by atoms with Crippen molar-refractivity contribution in [3.63, 3.8) is 0 Å². The lowest BCUT2D eigenvalue weighted by molar-refractivity contribution is 0.389. The molecule has 1 aromatic rings. The Kier molecular flexibility index (Phi) is 3.37. The fourth-order valence-corrected chi connectivity index (χ4v) is 2.64. The van der Waals surface area contributed by atoms with Gasteiger partial charge in [0.25, 0.3) is 0 Å². The van der Waals surface area contributed by atoms with E-state index in [1.54, 1.807) is 12.1 Å². The van der Waals surface area contributed by atoms with E-state index >= 15 is 0 Å². The van der Waals surface area contributed by atoms with Gasteiger partial charge in [-0.2, -0.15) is 0 Å². The van der Waals surface area contributed by atoms with Gasteiger partial charge in [-0.1, -0.05) is 24.6 Å². The third-order valence-electron chi connectivity index (χ3n) is 3.56. The molecule has 0 bridgehead atoms. The summed E-state index contributed by atoms with van der Waals surface area (Å²) in [6.07, 6.45) is 4.53. The van der Waals surface area contributed by atoms with E-state index < -0.39 is 0 Å². The molecule has 2 rings (SSSR count). The summed E-state index contributed by atoms with van der Waals surface area (Å²) in [6.45, 7) is 0.749. The average molecular weight is 207 g/mol. The highest BCUT2D eigenvalue weighted by molar-refractivity contribution is 5.18. The Labute approximate surface area is 90.5 Å². The molecular weight excluding hydrogens is 189 g/mol.